The van der Waals surface area contributed by atoms with Crippen LogP contribution in [-0.4, -0.2) is 5.11 Å². The van der Waals surface area contributed by atoms with E-state index in [1.54, 1.807) is 6.07 Å². The number of phenolic OH excluding ortho intramolecular Hbond substituents is 1. The summed E-state index contributed by atoms with van der Waals surface area (Å²) in [6.07, 6.45) is 2.29. The van der Waals surface area contributed by atoms with Crippen molar-refractivity contribution < 1.29 is 5.11 Å². The molecule has 0 saturated heterocycles. The van der Waals surface area contributed by atoms with E-state index in [0.29, 0.717) is 5.75 Å². The largest absolute Gasteiger partial charge is 0.508 e. The number of fused-ring (bicyclic) bond motifs is 4. The molecule has 0 amide bonds. The van der Waals surface area contributed by atoms with Crippen LogP contribution in [-0.2, 0) is 12.8 Å². The predicted octanol–water partition coefficient (Wildman–Crippen LogP) is 5.26. The molecule has 1 nitrogen and oxygen atoms in total. The first-order chi connectivity index (χ1) is 10.7. The zero-order valence-electron chi connectivity index (χ0n) is 12.5. The van der Waals surface area contributed by atoms with Gasteiger partial charge in [0, 0.05) is 0 Å². The van der Waals surface area contributed by atoms with Crippen molar-refractivity contribution in [3.05, 3.63) is 65.2 Å². The molecule has 0 spiro atoms. The van der Waals surface area contributed by atoms with Crippen molar-refractivity contribution >= 4 is 32.3 Å². The summed E-state index contributed by atoms with van der Waals surface area (Å²) >= 11 is 0. The lowest BCUT2D eigenvalue weighted by atomic mass is 9.90. The zero-order chi connectivity index (χ0) is 14.8. The maximum atomic E-state index is 9.75. The quantitative estimate of drug-likeness (QED) is 0.345. The number of hydrogen-bond donors (Lipinski definition) is 1. The Balaban J connectivity index is 2.11. The molecule has 1 aliphatic rings. The molecular formula is C21H16O. The number of hydrogen-bond acceptors (Lipinski definition) is 1. The Hall–Kier alpha value is -2.54. The first-order valence-corrected chi connectivity index (χ1v) is 7.82. The van der Waals surface area contributed by atoms with Gasteiger partial charge in [-0.15, -0.1) is 0 Å². The molecule has 106 valence electrons. The van der Waals surface area contributed by atoms with Gasteiger partial charge in [0.25, 0.3) is 0 Å². The lowest BCUT2D eigenvalue weighted by molar-refractivity contribution is 0.476. The van der Waals surface area contributed by atoms with Crippen molar-refractivity contribution in [2.45, 2.75) is 19.8 Å². The SMILES string of the molecule is Cc1c2cccc3c2c(c2ccc4cc(O)ccc4c12)CC3. The van der Waals surface area contributed by atoms with Gasteiger partial charge in [-0.25, -0.2) is 0 Å². The van der Waals surface area contributed by atoms with Gasteiger partial charge in [0.05, 0.1) is 0 Å². The molecular weight excluding hydrogens is 268 g/mol. The van der Waals surface area contributed by atoms with E-state index < -0.39 is 0 Å². The van der Waals surface area contributed by atoms with Gasteiger partial charge in [-0.05, 0) is 80.9 Å². The van der Waals surface area contributed by atoms with E-state index in [4.69, 9.17) is 0 Å². The van der Waals surface area contributed by atoms with Gasteiger partial charge in [0.15, 0.2) is 0 Å². The molecule has 0 bridgehead atoms. The molecule has 1 aliphatic carbocycles. The van der Waals surface area contributed by atoms with Crippen molar-refractivity contribution in [3.63, 3.8) is 0 Å². The van der Waals surface area contributed by atoms with Gasteiger partial charge in [0.2, 0.25) is 0 Å². The van der Waals surface area contributed by atoms with Crippen molar-refractivity contribution in [2.24, 2.45) is 0 Å². The monoisotopic (exact) mass is 284 g/mol. The minimum Gasteiger partial charge on any atom is -0.508 e. The number of aromatic hydroxyl groups is 1. The van der Waals surface area contributed by atoms with Gasteiger partial charge in [-0.1, -0.05) is 36.4 Å². The van der Waals surface area contributed by atoms with E-state index >= 15 is 0 Å². The Morgan fingerprint density at radius 3 is 2.59 bits per heavy atom. The van der Waals surface area contributed by atoms with E-state index in [1.165, 1.54) is 43.6 Å². The topological polar surface area (TPSA) is 20.2 Å². The van der Waals surface area contributed by atoms with Crippen LogP contribution in [0.4, 0.5) is 0 Å². The molecule has 0 fully saturated rings. The first-order valence-electron chi connectivity index (χ1n) is 7.82. The number of rotatable bonds is 0. The second-order valence-corrected chi connectivity index (χ2v) is 6.34. The van der Waals surface area contributed by atoms with Crippen LogP contribution < -0.4 is 0 Å². The van der Waals surface area contributed by atoms with Gasteiger partial charge >= 0.3 is 0 Å². The minimum atomic E-state index is 0.331. The Morgan fingerprint density at radius 1 is 0.818 bits per heavy atom. The molecule has 0 saturated carbocycles. The number of aryl methyl sites for hydroxylation is 3. The molecule has 4 aromatic carbocycles. The summed E-state index contributed by atoms with van der Waals surface area (Å²) in [5.74, 6) is 0.331. The maximum Gasteiger partial charge on any atom is 0.116 e. The van der Waals surface area contributed by atoms with Crippen LogP contribution in [0.1, 0.15) is 16.7 Å². The van der Waals surface area contributed by atoms with Crippen LogP contribution in [0.5, 0.6) is 5.75 Å². The molecule has 0 aliphatic heterocycles. The molecule has 0 radical (unpaired) electrons. The van der Waals surface area contributed by atoms with Gasteiger partial charge in [-0.2, -0.15) is 0 Å². The smallest absolute Gasteiger partial charge is 0.116 e. The molecule has 0 heterocycles. The fourth-order valence-electron chi connectivity index (χ4n) is 4.24. The third-order valence-electron chi connectivity index (χ3n) is 5.20. The summed E-state index contributed by atoms with van der Waals surface area (Å²) in [4.78, 5) is 0. The van der Waals surface area contributed by atoms with Crippen LogP contribution >= 0.6 is 0 Å². The average molecular weight is 284 g/mol. The predicted molar refractivity (Wildman–Crippen MR) is 92.8 cm³/mol. The maximum absolute atomic E-state index is 9.75. The summed E-state index contributed by atoms with van der Waals surface area (Å²) in [5.41, 5.74) is 4.35. The summed E-state index contributed by atoms with van der Waals surface area (Å²) in [6.45, 7) is 2.23. The Morgan fingerprint density at radius 2 is 1.68 bits per heavy atom. The molecule has 0 aromatic heterocycles. The highest BCUT2D eigenvalue weighted by atomic mass is 16.3. The highest BCUT2D eigenvalue weighted by molar-refractivity contribution is 6.17. The Labute approximate surface area is 128 Å². The van der Waals surface area contributed by atoms with Crippen molar-refractivity contribution in [3.8, 4) is 5.75 Å². The van der Waals surface area contributed by atoms with Crippen LogP contribution in [0, 0.1) is 6.92 Å². The van der Waals surface area contributed by atoms with Gasteiger partial charge in [-0.3, -0.25) is 0 Å². The average Bonchev–Trinajstić information content (AvgIpc) is 2.96. The third-order valence-corrected chi connectivity index (χ3v) is 5.20. The Kier molecular flexibility index (Phi) is 2.20. The first kappa shape index (κ1) is 12.0. The molecule has 1 N–H and O–H groups in total. The highest BCUT2D eigenvalue weighted by Crippen LogP contribution is 2.41. The summed E-state index contributed by atoms with van der Waals surface area (Å²) in [6, 6.07) is 16.8. The second kappa shape index (κ2) is 4.01. The summed E-state index contributed by atoms with van der Waals surface area (Å²) in [7, 11) is 0. The van der Waals surface area contributed by atoms with E-state index in [0.717, 1.165) is 18.2 Å². The lowest BCUT2D eigenvalue weighted by Gasteiger charge is -2.14. The van der Waals surface area contributed by atoms with Crippen molar-refractivity contribution in [2.75, 3.05) is 0 Å². The number of benzene rings is 4. The van der Waals surface area contributed by atoms with Crippen molar-refractivity contribution in [1.29, 1.82) is 0 Å². The van der Waals surface area contributed by atoms with Crippen LogP contribution in [0.2, 0.25) is 0 Å². The van der Waals surface area contributed by atoms with Crippen LogP contribution in [0.25, 0.3) is 32.3 Å². The number of phenols is 1. The molecule has 0 atom stereocenters. The second-order valence-electron chi connectivity index (χ2n) is 6.34. The molecule has 5 rings (SSSR count). The zero-order valence-corrected chi connectivity index (χ0v) is 12.5. The van der Waals surface area contributed by atoms with Crippen LogP contribution in [0.15, 0.2) is 48.5 Å². The van der Waals surface area contributed by atoms with Gasteiger partial charge in [0.1, 0.15) is 5.75 Å². The highest BCUT2D eigenvalue weighted by Gasteiger charge is 2.20. The third kappa shape index (κ3) is 1.38. The normalized spacial score (nSPS) is 13.5. The van der Waals surface area contributed by atoms with E-state index in [9.17, 15) is 5.11 Å². The fraction of sp³-hybridized carbons (Fsp3) is 0.143. The molecule has 22 heavy (non-hydrogen) atoms. The standard InChI is InChI=1S/C21H16O/c1-12-16-4-2-3-13-5-8-19(21(13)16)18-9-6-14-11-15(22)7-10-17(14)20(12)18/h2-4,6-7,9-11,22H,5,8H2,1H3. The lowest BCUT2D eigenvalue weighted by Crippen LogP contribution is -1.90. The summed E-state index contributed by atoms with van der Waals surface area (Å²) < 4.78 is 0. The molecule has 0 unspecified atom stereocenters. The van der Waals surface area contributed by atoms with E-state index in [2.05, 4.69) is 43.3 Å². The van der Waals surface area contributed by atoms with E-state index in [1.807, 2.05) is 6.07 Å². The molecule has 1 heteroatoms. The van der Waals surface area contributed by atoms with Crippen molar-refractivity contribution in [1.82, 2.24) is 0 Å². The van der Waals surface area contributed by atoms with E-state index in [-0.39, 0.29) is 0 Å². The minimum absolute atomic E-state index is 0.331. The molecule has 4 aromatic rings. The summed E-state index contributed by atoms with van der Waals surface area (Å²) in [5, 5.41) is 17.7. The van der Waals surface area contributed by atoms with Gasteiger partial charge < -0.3 is 5.11 Å². The fourth-order valence-corrected chi connectivity index (χ4v) is 4.24. The van der Waals surface area contributed by atoms with Crippen LogP contribution in [0.3, 0.4) is 0 Å². The Bertz CT molecular complexity index is 1090.